The van der Waals surface area contributed by atoms with Crippen LogP contribution in [0.3, 0.4) is 0 Å². The van der Waals surface area contributed by atoms with Crippen molar-refractivity contribution in [3.8, 4) is 0 Å². The van der Waals surface area contributed by atoms with Crippen LogP contribution in [0.25, 0.3) is 0 Å². The molecule has 0 saturated heterocycles. The van der Waals surface area contributed by atoms with Crippen molar-refractivity contribution in [2.75, 3.05) is 0 Å². The van der Waals surface area contributed by atoms with Crippen LogP contribution in [0.15, 0.2) is 24.3 Å². The van der Waals surface area contributed by atoms with Crippen molar-refractivity contribution in [3.63, 3.8) is 0 Å². The highest BCUT2D eigenvalue weighted by Crippen LogP contribution is 2.18. The zero-order valence-electron chi connectivity index (χ0n) is 5.87. The van der Waals surface area contributed by atoms with Crippen molar-refractivity contribution in [1.82, 2.24) is 0 Å². The molecular weight excluding hydrogens is 123 g/mol. The smallest absolute Gasteiger partial charge is 0.331 e. The third kappa shape index (κ3) is 0.763. The van der Waals surface area contributed by atoms with E-state index < -0.39 is 0 Å². The first-order valence-corrected chi connectivity index (χ1v) is 3.45. The van der Waals surface area contributed by atoms with Gasteiger partial charge in [0.2, 0.25) is 0 Å². The maximum absolute atomic E-state index is 5.30. The number of benzene rings is 1. The second kappa shape index (κ2) is 2.13. The van der Waals surface area contributed by atoms with Crippen LogP contribution in [0.1, 0.15) is 18.6 Å². The fraction of sp³-hybridized carbons (Fsp3) is 0.250. The van der Waals surface area contributed by atoms with Crippen LogP contribution in [0.2, 0.25) is 0 Å². The third-order valence-corrected chi connectivity index (χ3v) is 1.83. The minimum absolute atomic E-state index is 0.246. The molecule has 0 N–H and O–H groups in total. The van der Waals surface area contributed by atoms with Crippen molar-refractivity contribution >= 4 is 12.9 Å². The highest BCUT2D eigenvalue weighted by molar-refractivity contribution is 6.49. The Kier molecular flexibility index (Phi) is 1.28. The molecule has 1 radical (unpaired) electrons. The fourth-order valence-electron chi connectivity index (χ4n) is 1.24. The summed E-state index contributed by atoms with van der Waals surface area (Å²) >= 11 is 0. The van der Waals surface area contributed by atoms with E-state index in [1.54, 1.807) is 0 Å². The van der Waals surface area contributed by atoms with Crippen LogP contribution in [-0.4, -0.2) is 7.48 Å². The second-order valence-corrected chi connectivity index (χ2v) is 2.53. The highest BCUT2D eigenvalue weighted by atomic mass is 16.4. The molecule has 0 fully saturated rings. The summed E-state index contributed by atoms with van der Waals surface area (Å²) in [6.45, 7) is 2.06. The normalized spacial score (nSPS) is 21.9. The van der Waals surface area contributed by atoms with Gasteiger partial charge in [-0.15, -0.1) is 0 Å². The lowest BCUT2D eigenvalue weighted by Crippen LogP contribution is -2.09. The van der Waals surface area contributed by atoms with E-state index in [2.05, 4.69) is 19.1 Å². The van der Waals surface area contributed by atoms with Gasteiger partial charge in [-0.3, -0.25) is 0 Å². The van der Waals surface area contributed by atoms with Crippen LogP contribution in [0, 0.1) is 0 Å². The molecule has 1 unspecified atom stereocenters. The molecule has 1 nitrogen and oxygen atoms in total. The molecule has 0 amide bonds. The van der Waals surface area contributed by atoms with E-state index in [1.807, 2.05) is 19.6 Å². The van der Waals surface area contributed by atoms with Gasteiger partial charge in [0.15, 0.2) is 0 Å². The van der Waals surface area contributed by atoms with Gasteiger partial charge in [-0.05, 0) is 17.9 Å². The van der Waals surface area contributed by atoms with E-state index in [-0.39, 0.29) is 6.10 Å². The molecule has 1 aromatic carbocycles. The Balaban J connectivity index is 2.51. The first-order valence-electron chi connectivity index (χ1n) is 3.45. The SMILES string of the molecule is CC1O[B]c2ccccc21. The Labute approximate surface area is 61.3 Å². The van der Waals surface area contributed by atoms with Crippen LogP contribution >= 0.6 is 0 Å². The molecule has 49 valence electrons. The molecule has 0 aliphatic carbocycles. The standard InChI is InChI=1S/C8H8BO/c1-6-7-4-2-3-5-8(7)9-10-6/h2-6H,1H3. The van der Waals surface area contributed by atoms with E-state index in [0.717, 1.165) is 0 Å². The molecule has 2 heteroatoms. The van der Waals surface area contributed by atoms with Crippen LogP contribution in [0.5, 0.6) is 0 Å². The van der Waals surface area contributed by atoms with Crippen molar-refractivity contribution in [3.05, 3.63) is 29.8 Å². The summed E-state index contributed by atoms with van der Waals surface area (Å²) in [5, 5.41) is 0. The summed E-state index contributed by atoms with van der Waals surface area (Å²) < 4.78 is 5.30. The summed E-state index contributed by atoms with van der Waals surface area (Å²) in [7, 11) is 1.82. The van der Waals surface area contributed by atoms with Crippen LogP contribution in [-0.2, 0) is 4.65 Å². The van der Waals surface area contributed by atoms with Gasteiger partial charge < -0.3 is 4.65 Å². The van der Waals surface area contributed by atoms with Gasteiger partial charge in [0.05, 0.1) is 6.10 Å². The maximum atomic E-state index is 5.30. The minimum Gasteiger partial charge on any atom is -0.428 e. The monoisotopic (exact) mass is 131 g/mol. The van der Waals surface area contributed by atoms with E-state index in [1.165, 1.54) is 11.0 Å². The summed E-state index contributed by atoms with van der Waals surface area (Å²) in [5.74, 6) is 0. The molecule has 1 heterocycles. The summed E-state index contributed by atoms with van der Waals surface area (Å²) in [5.41, 5.74) is 2.51. The van der Waals surface area contributed by atoms with Gasteiger partial charge in [-0.2, -0.15) is 0 Å². The number of hydrogen-bond donors (Lipinski definition) is 0. The molecule has 0 spiro atoms. The van der Waals surface area contributed by atoms with Crippen molar-refractivity contribution in [2.24, 2.45) is 0 Å². The second-order valence-electron chi connectivity index (χ2n) is 2.53. The predicted molar refractivity (Wildman–Crippen MR) is 41.3 cm³/mol. The lowest BCUT2D eigenvalue weighted by molar-refractivity contribution is 0.258. The first kappa shape index (κ1) is 5.99. The zero-order valence-corrected chi connectivity index (χ0v) is 5.87. The average molecular weight is 131 g/mol. The summed E-state index contributed by atoms with van der Waals surface area (Å²) in [6, 6.07) is 8.23. The zero-order chi connectivity index (χ0) is 6.97. The maximum Gasteiger partial charge on any atom is 0.331 e. The van der Waals surface area contributed by atoms with E-state index in [4.69, 9.17) is 4.65 Å². The van der Waals surface area contributed by atoms with Crippen molar-refractivity contribution in [2.45, 2.75) is 13.0 Å². The van der Waals surface area contributed by atoms with E-state index in [0.29, 0.717) is 0 Å². The predicted octanol–water partition coefficient (Wildman–Crippen LogP) is 1.02. The van der Waals surface area contributed by atoms with Gasteiger partial charge in [-0.25, -0.2) is 0 Å². The minimum atomic E-state index is 0.246. The lowest BCUT2D eigenvalue weighted by atomic mass is 9.87. The Morgan fingerprint density at radius 1 is 1.40 bits per heavy atom. The molecule has 10 heavy (non-hydrogen) atoms. The first-order chi connectivity index (χ1) is 4.88. The molecule has 1 atom stereocenters. The molecule has 0 bridgehead atoms. The van der Waals surface area contributed by atoms with Gasteiger partial charge >= 0.3 is 7.48 Å². The summed E-state index contributed by atoms with van der Waals surface area (Å²) in [6.07, 6.45) is 0.246. The number of rotatable bonds is 0. The molecular formula is C8H8BO. The fourth-order valence-corrected chi connectivity index (χ4v) is 1.24. The van der Waals surface area contributed by atoms with E-state index >= 15 is 0 Å². The van der Waals surface area contributed by atoms with Crippen LogP contribution < -0.4 is 5.46 Å². The van der Waals surface area contributed by atoms with Crippen molar-refractivity contribution in [1.29, 1.82) is 0 Å². The molecule has 1 aliphatic heterocycles. The lowest BCUT2D eigenvalue weighted by Gasteiger charge is -2.02. The molecule has 0 aromatic heterocycles. The Bertz CT molecular complexity index is 247. The number of hydrogen-bond acceptors (Lipinski definition) is 1. The van der Waals surface area contributed by atoms with Gasteiger partial charge in [0.1, 0.15) is 0 Å². The molecule has 1 aliphatic rings. The quantitative estimate of drug-likeness (QED) is 0.477. The average Bonchev–Trinajstić information content (AvgIpc) is 2.34. The van der Waals surface area contributed by atoms with Gasteiger partial charge in [0.25, 0.3) is 0 Å². The number of fused-ring (bicyclic) bond motifs is 1. The van der Waals surface area contributed by atoms with Crippen LogP contribution in [0.4, 0.5) is 0 Å². The Morgan fingerprint density at radius 3 is 3.00 bits per heavy atom. The van der Waals surface area contributed by atoms with Gasteiger partial charge in [0, 0.05) is 0 Å². The largest absolute Gasteiger partial charge is 0.428 e. The highest BCUT2D eigenvalue weighted by Gasteiger charge is 2.18. The Hall–Kier alpha value is -0.755. The molecule has 1 aromatic rings. The van der Waals surface area contributed by atoms with E-state index in [9.17, 15) is 0 Å². The third-order valence-electron chi connectivity index (χ3n) is 1.83. The van der Waals surface area contributed by atoms with Gasteiger partial charge in [-0.1, -0.05) is 24.3 Å². The topological polar surface area (TPSA) is 9.23 Å². The van der Waals surface area contributed by atoms with Crippen molar-refractivity contribution < 1.29 is 4.65 Å². The Morgan fingerprint density at radius 2 is 2.20 bits per heavy atom. The molecule has 2 rings (SSSR count). The molecule has 0 saturated carbocycles. The summed E-state index contributed by atoms with van der Waals surface area (Å²) in [4.78, 5) is 0.